The van der Waals surface area contributed by atoms with Crippen molar-refractivity contribution < 1.29 is 9.13 Å². The first kappa shape index (κ1) is 16.0. The Labute approximate surface area is 138 Å². The van der Waals surface area contributed by atoms with E-state index < -0.39 is 0 Å². The lowest BCUT2D eigenvalue weighted by Crippen LogP contribution is -2.25. The number of anilines is 1. The standard InChI is InChI=1S/C18H18FN3O2/c1-3-21(15-9-7-13(19)8-10-15)12-14-11-17(23)22-16(20-14)5-4-6-18(22)24-2/h4-11H,3,12H2,1-2H3. The van der Waals surface area contributed by atoms with Gasteiger partial charge in [0.2, 0.25) is 5.88 Å². The van der Waals surface area contributed by atoms with Gasteiger partial charge in [0, 0.05) is 18.3 Å². The van der Waals surface area contributed by atoms with Crippen LogP contribution >= 0.6 is 0 Å². The fourth-order valence-corrected chi connectivity index (χ4v) is 2.65. The Bertz CT molecular complexity index is 906. The highest BCUT2D eigenvalue weighted by Crippen LogP contribution is 2.17. The van der Waals surface area contributed by atoms with Crippen molar-refractivity contribution in [1.29, 1.82) is 0 Å². The lowest BCUT2D eigenvalue weighted by Gasteiger charge is -2.22. The van der Waals surface area contributed by atoms with Crippen LogP contribution in [0.15, 0.2) is 53.3 Å². The molecule has 0 saturated carbocycles. The Kier molecular flexibility index (Phi) is 4.46. The van der Waals surface area contributed by atoms with Crippen molar-refractivity contribution in [3.63, 3.8) is 0 Å². The number of methoxy groups -OCH3 is 1. The van der Waals surface area contributed by atoms with Gasteiger partial charge >= 0.3 is 0 Å². The zero-order valence-electron chi connectivity index (χ0n) is 13.6. The minimum atomic E-state index is -0.274. The molecule has 2 heterocycles. The quantitative estimate of drug-likeness (QED) is 0.723. The average Bonchev–Trinajstić information content (AvgIpc) is 2.60. The highest BCUT2D eigenvalue weighted by molar-refractivity contribution is 5.47. The van der Waals surface area contributed by atoms with Gasteiger partial charge in [-0.05, 0) is 43.3 Å². The molecule has 1 aromatic carbocycles. The Morgan fingerprint density at radius 3 is 2.62 bits per heavy atom. The summed E-state index contributed by atoms with van der Waals surface area (Å²) >= 11 is 0. The Morgan fingerprint density at radius 2 is 1.96 bits per heavy atom. The minimum Gasteiger partial charge on any atom is -0.482 e. The largest absolute Gasteiger partial charge is 0.482 e. The van der Waals surface area contributed by atoms with Crippen LogP contribution in [-0.2, 0) is 6.54 Å². The topological polar surface area (TPSA) is 46.8 Å². The van der Waals surface area contributed by atoms with Crippen LogP contribution in [0.25, 0.3) is 5.65 Å². The third kappa shape index (κ3) is 3.08. The summed E-state index contributed by atoms with van der Waals surface area (Å²) in [4.78, 5) is 19.0. The van der Waals surface area contributed by atoms with Gasteiger partial charge in [0.15, 0.2) is 0 Å². The van der Waals surface area contributed by atoms with Crippen molar-refractivity contribution in [1.82, 2.24) is 9.38 Å². The van der Waals surface area contributed by atoms with Gasteiger partial charge in [-0.3, -0.25) is 4.79 Å². The molecule has 3 aromatic rings. The second-order valence-corrected chi connectivity index (χ2v) is 5.34. The van der Waals surface area contributed by atoms with Gasteiger partial charge in [0.05, 0.1) is 19.3 Å². The molecule has 2 aromatic heterocycles. The number of halogens is 1. The number of pyridine rings is 1. The lowest BCUT2D eigenvalue weighted by molar-refractivity contribution is 0.390. The summed E-state index contributed by atoms with van der Waals surface area (Å²) < 4.78 is 19.7. The van der Waals surface area contributed by atoms with Crippen LogP contribution < -0.4 is 15.2 Å². The second kappa shape index (κ2) is 6.70. The van der Waals surface area contributed by atoms with Crippen LogP contribution in [0.4, 0.5) is 10.1 Å². The van der Waals surface area contributed by atoms with Crippen molar-refractivity contribution in [2.24, 2.45) is 0 Å². The zero-order valence-corrected chi connectivity index (χ0v) is 13.6. The predicted octanol–water partition coefficient (Wildman–Crippen LogP) is 2.87. The maximum atomic E-state index is 13.1. The molecule has 24 heavy (non-hydrogen) atoms. The van der Waals surface area contributed by atoms with Crippen LogP contribution in [0.3, 0.4) is 0 Å². The normalized spacial score (nSPS) is 10.8. The molecule has 0 spiro atoms. The highest BCUT2D eigenvalue weighted by atomic mass is 19.1. The van der Waals surface area contributed by atoms with Gasteiger partial charge in [-0.15, -0.1) is 0 Å². The van der Waals surface area contributed by atoms with Crippen molar-refractivity contribution in [3.8, 4) is 5.88 Å². The van der Waals surface area contributed by atoms with E-state index in [2.05, 4.69) is 4.98 Å². The lowest BCUT2D eigenvalue weighted by atomic mass is 10.2. The predicted molar refractivity (Wildman–Crippen MR) is 91.1 cm³/mol. The number of aromatic nitrogens is 2. The molecule has 3 rings (SSSR count). The van der Waals surface area contributed by atoms with Crippen LogP contribution in [0.5, 0.6) is 5.88 Å². The zero-order chi connectivity index (χ0) is 17.1. The maximum Gasteiger partial charge on any atom is 0.261 e. The molecule has 0 saturated heterocycles. The van der Waals surface area contributed by atoms with Crippen molar-refractivity contribution >= 4 is 11.3 Å². The Morgan fingerprint density at radius 1 is 1.21 bits per heavy atom. The molecule has 0 radical (unpaired) electrons. The maximum absolute atomic E-state index is 13.1. The highest BCUT2D eigenvalue weighted by Gasteiger charge is 2.10. The van der Waals surface area contributed by atoms with Crippen LogP contribution in [0, 0.1) is 5.82 Å². The molecule has 0 bridgehead atoms. The third-order valence-electron chi connectivity index (χ3n) is 3.84. The first-order valence-corrected chi connectivity index (χ1v) is 7.68. The van der Waals surface area contributed by atoms with Crippen molar-refractivity contribution in [3.05, 3.63) is 70.4 Å². The second-order valence-electron chi connectivity index (χ2n) is 5.34. The molecule has 6 heteroatoms. The number of ether oxygens (including phenoxy) is 1. The third-order valence-corrected chi connectivity index (χ3v) is 3.84. The van der Waals surface area contributed by atoms with Gasteiger partial charge in [0.25, 0.3) is 5.56 Å². The molecule has 0 unspecified atom stereocenters. The molecule has 5 nitrogen and oxygen atoms in total. The van der Waals surface area contributed by atoms with Gasteiger partial charge < -0.3 is 9.64 Å². The summed E-state index contributed by atoms with van der Waals surface area (Å²) in [7, 11) is 1.52. The molecule has 0 aliphatic carbocycles. The number of benzene rings is 1. The summed E-state index contributed by atoms with van der Waals surface area (Å²) in [5.74, 6) is 0.173. The molecule has 0 atom stereocenters. The van der Waals surface area contributed by atoms with Crippen molar-refractivity contribution in [2.45, 2.75) is 13.5 Å². The van der Waals surface area contributed by atoms with E-state index in [0.29, 0.717) is 30.3 Å². The smallest absolute Gasteiger partial charge is 0.261 e. The van der Waals surface area contributed by atoms with Crippen LogP contribution in [0.1, 0.15) is 12.6 Å². The first-order chi connectivity index (χ1) is 11.6. The molecular formula is C18H18FN3O2. The number of fused-ring (bicyclic) bond motifs is 1. The summed E-state index contributed by atoms with van der Waals surface area (Å²) in [5, 5.41) is 0. The van der Waals surface area contributed by atoms with Crippen LogP contribution in [-0.4, -0.2) is 23.0 Å². The molecular weight excluding hydrogens is 309 g/mol. The summed E-state index contributed by atoms with van der Waals surface area (Å²) in [6.45, 7) is 3.18. The van der Waals surface area contributed by atoms with Crippen molar-refractivity contribution in [2.75, 3.05) is 18.6 Å². The van der Waals surface area contributed by atoms with E-state index in [1.165, 1.54) is 29.7 Å². The molecule has 0 amide bonds. The van der Waals surface area contributed by atoms with E-state index in [4.69, 9.17) is 4.74 Å². The van der Waals surface area contributed by atoms with Gasteiger partial charge in [-0.1, -0.05) is 6.07 Å². The fraction of sp³-hybridized carbons (Fsp3) is 0.222. The van der Waals surface area contributed by atoms with E-state index in [1.54, 1.807) is 30.3 Å². The number of hydrogen-bond donors (Lipinski definition) is 0. The van der Waals surface area contributed by atoms with E-state index in [-0.39, 0.29) is 11.4 Å². The number of nitrogens with zero attached hydrogens (tertiary/aromatic N) is 3. The molecule has 0 aliphatic rings. The van der Waals surface area contributed by atoms with Gasteiger partial charge in [-0.25, -0.2) is 13.8 Å². The first-order valence-electron chi connectivity index (χ1n) is 7.68. The molecule has 0 aliphatic heterocycles. The summed E-state index contributed by atoms with van der Waals surface area (Å²) in [6, 6.07) is 13.1. The Balaban J connectivity index is 1.97. The van der Waals surface area contributed by atoms with Crippen LogP contribution in [0.2, 0.25) is 0 Å². The van der Waals surface area contributed by atoms with E-state index in [0.717, 1.165) is 5.69 Å². The summed E-state index contributed by atoms with van der Waals surface area (Å²) in [6.07, 6.45) is 0. The van der Waals surface area contributed by atoms with E-state index >= 15 is 0 Å². The minimum absolute atomic E-state index is 0.192. The van der Waals surface area contributed by atoms with Gasteiger partial charge in [0.1, 0.15) is 11.5 Å². The monoisotopic (exact) mass is 327 g/mol. The fourth-order valence-electron chi connectivity index (χ4n) is 2.65. The molecule has 124 valence electrons. The Hall–Kier alpha value is -2.89. The van der Waals surface area contributed by atoms with Gasteiger partial charge in [-0.2, -0.15) is 0 Å². The van der Waals surface area contributed by atoms with E-state index in [1.807, 2.05) is 11.8 Å². The molecule has 0 fully saturated rings. The summed E-state index contributed by atoms with van der Waals surface area (Å²) in [5.41, 5.74) is 1.88. The number of rotatable bonds is 5. The number of hydrogen-bond acceptors (Lipinski definition) is 4. The average molecular weight is 327 g/mol. The van der Waals surface area contributed by atoms with E-state index in [9.17, 15) is 9.18 Å². The SMILES string of the molecule is CCN(Cc1cc(=O)n2c(OC)cccc2n1)c1ccc(F)cc1. The molecule has 0 N–H and O–H groups in total.